The minimum absolute atomic E-state index is 0.355. The van der Waals surface area contributed by atoms with Gasteiger partial charge < -0.3 is 10.2 Å². The van der Waals surface area contributed by atoms with Crippen molar-refractivity contribution in [3.63, 3.8) is 0 Å². The van der Waals surface area contributed by atoms with Gasteiger partial charge in [0.1, 0.15) is 5.84 Å². The van der Waals surface area contributed by atoms with Gasteiger partial charge in [-0.15, -0.1) is 0 Å². The smallest absolute Gasteiger partial charge is 0.220 e. The number of hydrogen-bond donors (Lipinski definition) is 1. The average Bonchev–Trinajstić information content (AvgIpc) is 2.90. The Labute approximate surface area is 127 Å². The summed E-state index contributed by atoms with van der Waals surface area (Å²) in [5, 5.41) is 3.47. The Morgan fingerprint density at radius 1 is 1.33 bits per heavy atom. The number of rotatable bonds is 4. The van der Waals surface area contributed by atoms with Crippen LogP contribution in [0, 0.1) is 5.92 Å². The van der Waals surface area contributed by atoms with E-state index in [1.165, 1.54) is 17.8 Å². The number of amidine groups is 1. The van der Waals surface area contributed by atoms with Crippen molar-refractivity contribution in [3.05, 3.63) is 35.9 Å². The first-order valence-electron chi connectivity index (χ1n) is 7.91. The van der Waals surface area contributed by atoms with Crippen molar-refractivity contribution < 1.29 is 0 Å². The maximum absolute atomic E-state index is 4.74. The van der Waals surface area contributed by atoms with E-state index >= 15 is 0 Å². The van der Waals surface area contributed by atoms with Crippen LogP contribution in [-0.2, 0) is 6.54 Å². The molecule has 112 valence electrons. The van der Waals surface area contributed by atoms with Crippen molar-refractivity contribution in [1.82, 2.24) is 10.2 Å². The summed E-state index contributed by atoms with van der Waals surface area (Å²) >= 11 is 0. The van der Waals surface area contributed by atoms with Crippen LogP contribution in [0.15, 0.2) is 40.3 Å². The lowest BCUT2D eigenvalue weighted by Crippen LogP contribution is -2.46. The van der Waals surface area contributed by atoms with Crippen LogP contribution in [0.5, 0.6) is 0 Å². The van der Waals surface area contributed by atoms with E-state index in [0.717, 1.165) is 32.0 Å². The summed E-state index contributed by atoms with van der Waals surface area (Å²) in [4.78, 5) is 11.7. The third-order valence-corrected chi connectivity index (χ3v) is 3.90. The fourth-order valence-corrected chi connectivity index (χ4v) is 2.85. The molecule has 1 aromatic rings. The second kappa shape index (κ2) is 6.29. The maximum atomic E-state index is 4.74. The van der Waals surface area contributed by atoms with Crippen molar-refractivity contribution in [2.75, 3.05) is 13.1 Å². The Bertz CT molecular complexity index is 533. The van der Waals surface area contributed by atoms with Crippen molar-refractivity contribution in [2.45, 2.75) is 39.3 Å². The van der Waals surface area contributed by atoms with E-state index in [1.54, 1.807) is 0 Å². The summed E-state index contributed by atoms with van der Waals surface area (Å²) in [5.74, 6) is 2.57. The average molecular weight is 284 g/mol. The number of fused-ring (bicyclic) bond motifs is 1. The molecule has 0 radical (unpaired) electrons. The van der Waals surface area contributed by atoms with Crippen LogP contribution < -0.4 is 5.32 Å². The van der Waals surface area contributed by atoms with Crippen molar-refractivity contribution in [1.29, 1.82) is 0 Å². The zero-order valence-corrected chi connectivity index (χ0v) is 12.9. The van der Waals surface area contributed by atoms with Gasteiger partial charge in [0.25, 0.3) is 0 Å². The molecule has 4 heteroatoms. The number of hydrogen-bond acceptors (Lipinski definition) is 2. The van der Waals surface area contributed by atoms with Crippen molar-refractivity contribution >= 4 is 11.8 Å². The highest BCUT2D eigenvalue weighted by molar-refractivity contribution is 6.05. The Hall–Kier alpha value is -1.84. The first-order valence-corrected chi connectivity index (χ1v) is 7.91. The van der Waals surface area contributed by atoms with Gasteiger partial charge in [-0.25, -0.2) is 0 Å². The Balaban J connectivity index is 1.73. The summed E-state index contributed by atoms with van der Waals surface area (Å²) in [6.07, 6.45) is 2.37. The molecule has 2 aliphatic rings. The van der Waals surface area contributed by atoms with Gasteiger partial charge in [-0.1, -0.05) is 44.2 Å². The minimum atomic E-state index is 0.355. The molecule has 21 heavy (non-hydrogen) atoms. The van der Waals surface area contributed by atoms with Gasteiger partial charge in [0.15, 0.2) is 0 Å². The van der Waals surface area contributed by atoms with Crippen molar-refractivity contribution in [2.24, 2.45) is 15.9 Å². The van der Waals surface area contributed by atoms with Crippen molar-refractivity contribution in [3.8, 4) is 0 Å². The first kappa shape index (κ1) is 14.1. The van der Waals surface area contributed by atoms with E-state index in [9.17, 15) is 0 Å². The molecule has 2 heterocycles. The van der Waals surface area contributed by atoms with Crippen LogP contribution in [-0.4, -0.2) is 35.8 Å². The number of nitrogens with one attached hydrogen (secondary N) is 1. The molecule has 4 nitrogen and oxygen atoms in total. The Kier molecular flexibility index (Phi) is 4.23. The maximum Gasteiger partial charge on any atom is 0.220 e. The highest BCUT2D eigenvalue weighted by atomic mass is 15.3. The lowest BCUT2D eigenvalue weighted by Gasteiger charge is -2.32. The Morgan fingerprint density at radius 2 is 2.14 bits per heavy atom. The van der Waals surface area contributed by atoms with Gasteiger partial charge in [-0.2, -0.15) is 4.99 Å². The van der Waals surface area contributed by atoms with E-state index in [1.807, 2.05) is 0 Å². The van der Waals surface area contributed by atoms with Crippen LogP contribution in [0.3, 0.4) is 0 Å². The van der Waals surface area contributed by atoms with E-state index in [2.05, 4.69) is 59.4 Å². The number of benzene rings is 1. The normalized spacial score (nSPS) is 23.2. The Morgan fingerprint density at radius 3 is 2.90 bits per heavy atom. The molecule has 0 saturated carbocycles. The lowest BCUT2D eigenvalue weighted by molar-refractivity contribution is 0.348. The number of nitrogens with zero attached hydrogens (tertiary/aromatic N) is 3. The summed E-state index contributed by atoms with van der Waals surface area (Å²) in [5.41, 5.74) is 1.34. The molecule has 1 N–H and O–H groups in total. The quantitative estimate of drug-likeness (QED) is 0.923. The van der Waals surface area contributed by atoms with Crippen LogP contribution in [0.2, 0.25) is 0 Å². The monoisotopic (exact) mass is 284 g/mol. The predicted molar refractivity (Wildman–Crippen MR) is 87.6 cm³/mol. The van der Waals surface area contributed by atoms with Gasteiger partial charge in [0, 0.05) is 19.6 Å². The molecule has 1 saturated heterocycles. The zero-order chi connectivity index (χ0) is 14.7. The SMILES string of the molecule is CC(C)CN=C1N=C2C(CCCN2Cc2ccccc2)N1. The van der Waals surface area contributed by atoms with E-state index in [0.29, 0.717) is 12.0 Å². The van der Waals surface area contributed by atoms with Gasteiger partial charge in [0.2, 0.25) is 5.96 Å². The fourth-order valence-electron chi connectivity index (χ4n) is 2.85. The topological polar surface area (TPSA) is 40.0 Å². The van der Waals surface area contributed by atoms with Crippen LogP contribution in [0.1, 0.15) is 32.3 Å². The molecule has 1 fully saturated rings. The first-order chi connectivity index (χ1) is 10.2. The third kappa shape index (κ3) is 3.43. The largest absolute Gasteiger partial charge is 0.354 e. The molecule has 0 bridgehead atoms. The molecular formula is C17H24N4. The molecule has 0 aromatic heterocycles. The summed E-state index contributed by atoms with van der Waals surface area (Å²) in [6, 6.07) is 11.0. The molecule has 1 unspecified atom stereocenters. The van der Waals surface area contributed by atoms with Crippen LogP contribution in [0.4, 0.5) is 0 Å². The number of aliphatic imine (C=N–C) groups is 2. The lowest BCUT2D eigenvalue weighted by atomic mass is 10.0. The second-order valence-electron chi connectivity index (χ2n) is 6.27. The van der Waals surface area contributed by atoms with Gasteiger partial charge in [-0.05, 0) is 24.3 Å². The van der Waals surface area contributed by atoms with Gasteiger partial charge in [0.05, 0.1) is 6.04 Å². The third-order valence-electron chi connectivity index (χ3n) is 3.90. The number of likely N-dealkylation sites (tertiary alicyclic amines) is 1. The van der Waals surface area contributed by atoms with Crippen LogP contribution in [0.25, 0.3) is 0 Å². The summed E-state index contributed by atoms with van der Waals surface area (Å²) < 4.78 is 0. The zero-order valence-electron chi connectivity index (χ0n) is 12.9. The van der Waals surface area contributed by atoms with E-state index in [-0.39, 0.29) is 0 Å². The van der Waals surface area contributed by atoms with E-state index < -0.39 is 0 Å². The second-order valence-corrected chi connectivity index (χ2v) is 6.27. The highest BCUT2D eigenvalue weighted by Gasteiger charge is 2.32. The van der Waals surface area contributed by atoms with E-state index in [4.69, 9.17) is 4.99 Å². The standard InChI is InChI=1S/C17H24N4/c1-13(2)11-18-17-19-15-9-6-10-21(16(15)20-17)12-14-7-4-3-5-8-14/h3-5,7-8,13,15H,6,9-12H2,1-2H3,(H,18,19). The minimum Gasteiger partial charge on any atom is -0.354 e. The summed E-state index contributed by atoms with van der Waals surface area (Å²) in [7, 11) is 0. The molecule has 0 aliphatic carbocycles. The molecule has 3 rings (SSSR count). The predicted octanol–water partition coefficient (Wildman–Crippen LogP) is 2.66. The highest BCUT2D eigenvalue weighted by Crippen LogP contribution is 2.19. The molecule has 1 aromatic carbocycles. The molecule has 0 amide bonds. The van der Waals surface area contributed by atoms with Gasteiger partial charge >= 0.3 is 0 Å². The van der Waals surface area contributed by atoms with Crippen LogP contribution >= 0.6 is 0 Å². The number of guanidine groups is 1. The fraction of sp³-hybridized carbons (Fsp3) is 0.529. The molecular weight excluding hydrogens is 260 g/mol. The molecule has 1 atom stereocenters. The number of piperidine rings is 1. The van der Waals surface area contributed by atoms with Gasteiger partial charge in [-0.3, -0.25) is 4.99 Å². The molecule has 0 spiro atoms. The molecule has 2 aliphatic heterocycles. The summed E-state index contributed by atoms with van der Waals surface area (Å²) in [6.45, 7) is 7.23.